The maximum atomic E-state index is 12.4. The molecule has 0 aliphatic heterocycles. The monoisotopic (exact) mass is 363 g/mol. The molecule has 26 heavy (non-hydrogen) atoms. The number of methoxy groups -OCH3 is 2. The maximum Gasteiger partial charge on any atom is 0.339 e. The second-order valence-electron chi connectivity index (χ2n) is 7.03. The van der Waals surface area contributed by atoms with E-state index >= 15 is 0 Å². The molecule has 0 heterocycles. The fraction of sp³-hybridized carbons (Fsp3) is 0.600. The number of amides is 1. The number of hydrogen-bond acceptors (Lipinski definition) is 5. The van der Waals surface area contributed by atoms with E-state index in [-0.39, 0.29) is 17.5 Å². The topological polar surface area (TPSA) is 73.9 Å². The Labute approximate surface area is 155 Å². The highest BCUT2D eigenvalue weighted by molar-refractivity contribution is 5.93. The lowest BCUT2D eigenvalue weighted by Gasteiger charge is -2.35. The lowest BCUT2D eigenvalue weighted by atomic mass is 9.78. The predicted octanol–water partition coefficient (Wildman–Crippen LogP) is 3.19. The van der Waals surface area contributed by atoms with Crippen LogP contribution < -0.4 is 14.8 Å². The molecular weight excluding hydrogens is 334 g/mol. The lowest BCUT2D eigenvalue weighted by molar-refractivity contribution is -0.130. The van der Waals surface area contributed by atoms with Gasteiger partial charge in [-0.3, -0.25) is 4.79 Å². The molecule has 1 aliphatic rings. The highest BCUT2D eigenvalue weighted by Crippen LogP contribution is 2.29. The second-order valence-corrected chi connectivity index (χ2v) is 7.03. The number of benzene rings is 1. The molecule has 2 rings (SSSR count). The molecule has 0 spiro atoms. The van der Waals surface area contributed by atoms with Crippen molar-refractivity contribution in [1.29, 1.82) is 0 Å². The van der Waals surface area contributed by atoms with Crippen molar-refractivity contribution in [2.45, 2.75) is 52.2 Å². The Balaban J connectivity index is 1.99. The molecule has 0 radical (unpaired) electrons. The summed E-state index contributed by atoms with van der Waals surface area (Å²) in [4.78, 5) is 24.8. The van der Waals surface area contributed by atoms with Crippen LogP contribution in [0.1, 0.15) is 50.4 Å². The summed E-state index contributed by atoms with van der Waals surface area (Å²) in [5, 5.41) is 3.04. The van der Waals surface area contributed by atoms with E-state index in [9.17, 15) is 9.59 Å². The number of carbonyl (C=O) groups is 2. The average molecular weight is 363 g/mol. The Bertz CT molecular complexity index is 623. The molecule has 144 valence electrons. The Hall–Kier alpha value is -2.24. The number of esters is 1. The van der Waals surface area contributed by atoms with Crippen LogP contribution in [0.15, 0.2) is 18.2 Å². The molecule has 1 aromatic rings. The first kappa shape index (κ1) is 20.1. The quantitative estimate of drug-likeness (QED) is 0.786. The zero-order valence-electron chi connectivity index (χ0n) is 16.2. The van der Waals surface area contributed by atoms with Gasteiger partial charge in [0, 0.05) is 12.1 Å². The molecule has 6 heteroatoms. The SMILES string of the molecule is COc1cc(OC)cc(C(=O)O[C@H](C)C(=O)N[C@@H]2CCC[C@H](C)[C@H]2C)c1. The van der Waals surface area contributed by atoms with Crippen molar-refractivity contribution in [3.63, 3.8) is 0 Å². The Kier molecular flexibility index (Phi) is 6.89. The zero-order valence-corrected chi connectivity index (χ0v) is 16.2. The van der Waals surface area contributed by atoms with Crippen molar-refractivity contribution in [2.75, 3.05) is 14.2 Å². The normalized spacial score (nSPS) is 23.7. The summed E-state index contributed by atoms with van der Waals surface area (Å²) < 4.78 is 15.6. The van der Waals surface area contributed by atoms with Crippen LogP contribution in [-0.2, 0) is 9.53 Å². The van der Waals surface area contributed by atoms with Gasteiger partial charge < -0.3 is 19.5 Å². The average Bonchev–Trinajstić information content (AvgIpc) is 2.64. The first-order valence-corrected chi connectivity index (χ1v) is 9.10. The standard InChI is InChI=1S/C20H29NO5/c1-12-7-6-8-18(13(12)2)21-19(22)14(3)26-20(23)15-9-16(24-4)11-17(10-15)25-5/h9-14,18H,6-8H2,1-5H3,(H,21,22)/t12-,13+,14+,18+/m0/s1. The summed E-state index contributed by atoms with van der Waals surface area (Å²) in [6, 6.07) is 4.91. The van der Waals surface area contributed by atoms with Crippen LogP contribution in [0.5, 0.6) is 11.5 Å². The van der Waals surface area contributed by atoms with E-state index in [4.69, 9.17) is 14.2 Å². The lowest BCUT2D eigenvalue weighted by Crippen LogP contribution is -2.47. The van der Waals surface area contributed by atoms with Crippen molar-refractivity contribution in [3.8, 4) is 11.5 Å². The largest absolute Gasteiger partial charge is 0.497 e. The molecule has 1 saturated carbocycles. The first-order chi connectivity index (χ1) is 12.3. The number of nitrogens with one attached hydrogen (secondary N) is 1. The van der Waals surface area contributed by atoms with E-state index in [0.717, 1.165) is 12.8 Å². The summed E-state index contributed by atoms with van der Waals surface area (Å²) >= 11 is 0. The molecule has 1 fully saturated rings. The van der Waals surface area contributed by atoms with Crippen molar-refractivity contribution in [3.05, 3.63) is 23.8 Å². The van der Waals surface area contributed by atoms with Crippen LogP contribution in [0, 0.1) is 11.8 Å². The molecule has 1 aromatic carbocycles. The third-order valence-electron chi connectivity index (χ3n) is 5.27. The van der Waals surface area contributed by atoms with Gasteiger partial charge in [0.15, 0.2) is 6.10 Å². The van der Waals surface area contributed by atoms with Crippen LogP contribution in [0.25, 0.3) is 0 Å². The van der Waals surface area contributed by atoms with E-state index < -0.39 is 12.1 Å². The molecule has 1 aliphatic carbocycles. The van der Waals surface area contributed by atoms with Gasteiger partial charge in [-0.1, -0.05) is 26.7 Å². The first-order valence-electron chi connectivity index (χ1n) is 9.10. The van der Waals surface area contributed by atoms with Gasteiger partial charge in [0.25, 0.3) is 5.91 Å². The molecule has 4 atom stereocenters. The molecule has 0 unspecified atom stereocenters. The summed E-state index contributed by atoms with van der Waals surface area (Å²) in [7, 11) is 3.01. The molecule has 0 aromatic heterocycles. The Morgan fingerprint density at radius 2 is 1.69 bits per heavy atom. The van der Waals surface area contributed by atoms with E-state index in [2.05, 4.69) is 19.2 Å². The highest BCUT2D eigenvalue weighted by Gasteiger charge is 2.30. The van der Waals surface area contributed by atoms with Crippen LogP contribution in [-0.4, -0.2) is 38.2 Å². The van der Waals surface area contributed by atoms with Crippen molar-refractivity contribution in [2.24, 2.45) is 11.8 Å². The van der Waals surface area contributed by atoms with Gasteiger partial charge in [-0.05, 0) is 37.3 Å². The molecule has 1 N–H and O–H groups in total. The van der Waals surface area contributed by atoms with E-state index in [1.54, 1.807) is 25.1 Å². The van der Waals surface area contributed by atoms with Crippen LogP contribution in [0.2, 0.25) is 0 Å². The molecule has 6 nitrogen and oxygen atoms in total. The maximum absolute atomic E-state index is 12.4. The third-order valence-corrected chi connectivity index (χ3v) is 5.27. The highest BCUT2D eigenvalue weighted by atomic mass is 16.5. The van der Waals surface area contributed by atoms with Crippen LogP contribution in [0.4, 0.5) is 0 Å². The molecular formula is C20H29NO5. The summed E-state index contributed by atoms with van der Waals surface area (Å²) in [5.74, 6) is 1.11. The van der Waals surface area contributed by atoms with Crippen LogP contribution in [0.3, 0.4) is 0 Å². The zero-order chi connectivity index (χ0) is 19.3. The molecule has 0 bridgehead atoms. The molecule has 0 saturated heterocycles. The van der Waals surface area contributed by atoms with E-state index in [0.29, 0.717) is 23.3 Å². The third kappa shape index (κ3) is 4.90. The smallest absolute Gasteiger partial charge is 0.339 e. The van der Waals surface area contributed by atoms with Gasteiger partial charge in [0.1, 0.15) is 11.5 Å². The minimum absolute atomic E-state index is 0.129. The van der Waals surface area contributed by atoms with Crippen molar-refractivity contribution < 1.29 is 23.8 Å². The number of hydrogen-bond donors (Lipinski definition) is 1. The summed E-state index contributed by atoms with van der Waals surface area (Å²) in [5.41, 5.74) is 0.278. The fourth-order valence-corrected chi connectivity index (χ4v) is 3.29. The fourth-order valence-electron chi connectivity index (χ4n) is 3.29. The number of ether oxygens (including phenoxy) is 3. The van der Waals surface area contributed by atoms with E-state index in [1.807, 2.05) is 0 Å². The summed E-state index contributed by atoms with van der Waals surface area (Å²) in [6.45, 7) is 5.96. The van der Waals surface area contributed by atoms with Gasteiger partial charge in [-0.25, -0.2) is 4.79 Å². The minimum atomic E-state index is -0.871. The van der Waals surface area contributed by atoms with Crippen molar-refractivity contribution in [1.82, 2.24) is 5.32 Å². The minimum Gasteiger partial charge on any atom is -0.497 e. The molecule has 1 amide bonds. The second kappa shape index (κ2) is 8.92. The number of carbonyl (C=O) groups excluding carboxylic acids is 2. The van der Waals surface area contributed by atoms with Gasteiger partial charge in [-0.15, -0.1) is 0 Å². The van der Waals surface area contributed by atoms with Gasteiger partial charge in [-0.2, -0.15) is 0 Å². The predicted molar refractivity (Wildman–Crippen MR) is 98.5 cm³/mol. The summed E-state index contributed by atoms with van der Waals surface area (Å²) in [6.07, 6.45) is 2.39. The Morgan fingerprint density at radius 1 is 1.08 bits per heavy atom. The number of rotatable bonds is 6. The van der Waals surface area contributed by atoms with Gasteiger partial charge >= 0.3 is 5.97 Å². The van der Waals surface area contributed by atoms with Gasteiger partial charge in [0.2, 0.25) is 0 Å². The van der Waals surface area contributed by atoms with E-state index in [1.165, 1.54) is 20.6 Å². The van der Waals surface area contributed by atoms with Gasteiger partial charge in [0.05, 0.1) is 19.8 Å². The van der Waals surface area contributed by atoms with Crippen LogP contribution >= 0.6 is 0 Å². The Morgan fingerprint density at radius 3 is 2.27 bits per heavy atom. The van der Waals surface area contributed by atoms with Crippen molar-refractivity contribution >= 4 is 11.9 Å².